The van der Waals surface area contributed by atoms with Gasteiger partial charge in [0, 0.05) is 24.9 Å². The van der Waals surface area contributed by atoms with Gasteiger partial charge in [-0.25, -0.2) is 9.78 Å². The van der Waals surface area contributed by atoms with Gasteiger partial charge in [-0.05, 0) is 18.1 Å². The van der Waals surface area contributed by atoms with Crippen LogP contribution in [0.3, 0.4) is 0 Å². The van der Waals surface area contributed by atoms with Gasteiger partial charge in [0.05, 0.1) is 12.9 Å². The molecular formula is C18H23N5O3. The molecule has 0 aliphatic carbocycles. The molecule has 138 valence electrons. The quantitative estimate of drug-likeness (QED) is 0.489. The number of benzene rings is 1. The Morgan fingerprint density at radius 3 is 2.54 bits per heavy atom. The number of nitrogens with zero attached hydrogens (tertiary/aromatic N) is 2. The highest BCUT2D eigenvalue weighted by molar-refractivity contribution is 5.92. The van der Waals surface area contributed by atoms with E-state index >= 15 is 0 Å². The molecule has 1 heterocycles. The van der Waals surface area contributed by atoms with Crippen molar-refractivity contribution in [1.29, 1.82) is 0 Å². The smallest absolute Gasteiger partial charge is 0.407 e. The molecule has 0 aliphatic rings. The van der Waals surface area contributed by atoms with Crippen LogP contribution in [0.2, 0.25) is 0 Å². The van der Waals surface area contributed by atoms with Crippen LogP contribution in [0.5, 0.6) is 0 Å². The summed E-state index contributed by atoms with van der Waals surface area (Å²) in [6.07, 6.45) is 2.91. The van der Waals surface area contributed by atoms with Gasteiger partial charge in [-0.1, -0.05) is 30.8 Å². The molecule has 4 N–H and O–H groups in total. The van der Waals surface area contributed by atoms with Gasteiger partial charge in [0.1, 0.15) is 12.4 Å². The molecule has 0 unspecified atom stereocenters. The summed E-state index contributed by atoms with van der Waals surface area (Å²) >= 11 is 0. The molecule has 8 heteroatoms. The number of imidazole rings is 1. The maximum Gasteiger partial charge on any atom is 0.407 e. The van der Waals surface area contributed by atoms with E-state index in [0.717, 1.165) is 11.1 Å². The summed E-state index contributed by atoms with van der Waals surface area (Å²) in [6.45, 7) is 6.50. The van der Waals surface area contributed by atoms with Crippen molar-refractivity contribution >= 4 is 17.8 Å². The molecule has 0 bridgehead atoms. The zero-order valence-corrected chi connectivity index (χ0v) is 14.7. The van der Waals surface area contributed by atoms with Crippen molar-refractivity contribution < 1.29 is 14.3 Å². The molecule has 2 amide bonds. The number of nitrogen functional groups attached to an aromatic ring is 1. The minimum absolute atomic E-state index is 0.0951. The lowest BCUT2D eigenvalue weighted by Crippen LogP contribution is -2.31. The van der Waals surface area contributed by atoms with Crippen molar-refractivity contribution in [3.8, 4) is 0 Å². The Morgan fingerprint density at radius 1 is 1.23 bits per heavy atom. The molecule has 1 aromatic heterocycles. The monoisotopic (exact) mass is 357 g/mol. The van der Waals surface area contributed by atoms with E-state index in [9.17, 15) is 9.59 Å². The number of ether oxygens (including phenoxy) is 1. The van der Waals surface area contributed by atoms with Crippen molar-refractivity contribution in [2.45, 2.75) is 20.0 Å². The van der Waals surface area contributed by atoms with Crippen molar-refractivity contribution in [1.82, 2.24) is 20.2 Å². The van der Waals surface area contributed by atoms with Crippen LogP contribution >= 0.6 is 0 Å². The zero-order valence-electron chi connectivity index (χ0n) is 14.7. The molecule has 0 aliphatic heterocycles. The minimum Gasteiger partial charge on any atom is -0.448 e. The lowest BCUT2D eigenvalue weighted by molar-refractivity contribution is -0.117. The number of nitrogens with one attached hydrogen (secondary N) is 2. The van der Waals surface area contributed by atoms with Crippen LogP contribution in [0.4, 0.5) is 10.6 Å². The second-order valence-electron chi connectivity index (χ2n) is 5.81. The van der Waals surface area contributed by atoms with E-state index in [1.165, 1.54) is 0 Å². The number of hydrogen-bond donors (Lipinski definition) is 3. The molecule has 0 fully saturated rings. The van der Waals surface area contributed by atoms with Crippen molar-refractivity contribution in [2.24, 2.45) is 0 Å². The zero-order chi connectivity index (χ0) is 18.9. The maximum absolute atomic E-state index is 11.6. The third-order valence-corrected chi connectivity index (χ3v) is 3.49. The van der Waals surface area contributed by atoms with E-state index < -0.39 is 6.09 Å². The molecular weight excluding hydrogens is 334 g/mol. The molecule has 0 spiro atoms. The number of amides is 2. The largest absolute Gasteiger partial charge is 0.448 e. The first-order valence-electron chi connectivity index (χ1n) is 8.13. The standard InChI is InChI=1S/C18H23N5O3/c1-13(2)17(24)20-7-8-26-18(25)21-9-14-3-5-15(6-4-14)10-23-11-16(19)22-12-23/h3-6,11-12H,1,7-10,19H2,2H3,(H,20,24)(H,21,25). The highest BCUT2D eigenvalue weighted by Crippen LogP contribution is 2.07. The highest BCUT2D eigenvalue weighted by Gasteiger charge is 2.04. The second kappa shape index (κ2) is 9.26. The molecule has 1 aromatic carbocycles. The summed E-state index contributed by atoms with van der Waals surface area (Å²) in [7, 11) is 0. The first-order chi connectivity index (χ1) is 12.4. The summed E-state index contributed by atoms with van der Waals surface area (Å²) < 4.78 is 6.88. The predicted molar refractivity (Wildman–Crippen MR) is 98.2 cm³/mol. The lowest BCUT2D eigenvalue weighted by Gasteiger charge is -2.09. The van der Waals surface area contributed by atoms with E-state index in [0.29, 0.717) is 24.5 Å². The number of alkyl carbamates (subject to hydrolysis) is 1. The average Bonchev–Trinajstić information content (AvgIpc) is 3.02. The van der Waals surface area contributed by atoms with Gasteiger partial charge in [-0.15, -0.1) is 0 Å². The summed E-state index contributed by atoms with van der Waals surface area (Å²) in [5.41, 5.74) is 8.05. The van der Waals surface area contributed by atoms with Gasteiger partial charge in [0.25, 0.3) is 0 Å². The van der Waals surface area contributed by atoms with Crippen LogP contribution in [0.15, 0.2) is 48.9 Å². The fraction of sp³-hybridized carbons (Fsp3) is 0.278. The van der Waals surface area contributed by atoms with Crippen LogP contribution in [0, 0.1) is 0 Å². The third kappa shape index (κ3) is 6.31. The van der Waals surface area contributed by atoms with E-state index in [-0.39, 0.29) is 19.1 Å². The Kier molecular flexibility index (Phi) is 6.78. The van der Waals surface area contributed by atoms with Crippen LogP contribution in [-0.2, 0) is 22.6 Å². The SMILES string of the molecule is C=C(C)C(=O)NCCOC(=O)NCc1ccc(Cn2cnc(N)c2)cc1. The van der Waals surface area contributed by atoms with Gasteiger partial charge in [0.15, 0.2) is 0 Å². The maximum atomic E-state index is 11.6. The Bertz CT molecular complexity index is 767. The van der Waals surface area contributed by atoms with E-state index in [4.69, 9.17) is 10.5 Å². The average molecular weight is 357 g/mol. The Balaban J connectivity index is 1.68. The first-order valence-corrected chi connectivity index (χ1v) is 8.13. The van der Waals surface area contributed by atoms with E-state index in [1.807, 2.05) is 28.8 Å². The molecule has 8 nitrogen and oxygen atoms in total. The highest BCUT2D eigenvalue weighted by atomic mass is 16.5. The summed E-state index contributed by atoms with van der Waals surface area (Å²) in [5, 5.41) is 5.24. The number of rotatable bonds is 8. The van der Waals surface area contributed by atoms with Crippen LogP contribution in [0.1, 0.15) is 18.1 Å². The number of anilines is 1. The summed E-state index contributed by atoms with van der Waals surface area (Å²) in [4.78, 5) is 26.9. The first kappa shape index (κ1) is 19.0. The van der Waals surface area contributed by atoms with E-state index in [1.54, 1.807) is 19.4 Å². The normalized spacial score (nSPS) is 10.2. The fourth-order valence-electron chi connectivity index (χ4n) is 2.12. The molecule has 2 aromatic rings. The number of carbonyl (C=O) groups excluding carboxylic acids is 2. The Morgan fingerprint density at radius 2 is 1.92 bits per heavy atom. The molecule has 0 atom stereocenters. The van der Waals surface area contributed by atoms with Gasteiger partial charge in [0.2, 0.25) is 5.91 Å². The summed E-state index contributed by atoms with van der Waals surface area (Å²) in [6, 6.07) is 7.82. The number of nitrogens with two attached hydrogens (primary N) is 1. The van der Waals surface area contributed by atoms with Crippen molar-refractivity contribution in [2.75, 3.05) is 18.9 Å². The number of hydrogen-bond acceptors (Lipinski definition) is 5. The van der Waals surface area contributed by atoms with E-state index in [2.05, 4.69) is 22.2 Å². The minimum atomic E-state index is -0.535. The van der Waals surface area contributed by atoms with Crippen LogP contribution < -0.4 is 16.4 Å². The van der Waals surface area contributed by atoms with Gasteiger partial charge >= 0.3 is 6.09 Å². The summed E-state index contributed by atoms with van der Waals surface area (Å²) in [5.74, 6) is 0.232. The number of carbonyl (C=O) groups is 2. The molecule has 2 rings (SSSR count). The fourth-order valence-corrected chi connectivity index (χ4v) is 2.12. The molecule has 0 saturated carbocycles. The van der Waals surface area contributed by atoms with Crippen molar-refractivity contribution in [3.05, 3.63) is 60.1 Å². The van der Waals surface area contributed by atoms with Gasteiger partial charge < -0.3 is 25.7 Å². The van der Waals surface area contributed by atoms with Gasteiger partial charge in [-0.2, -0.15) is 0 Å². The molecule has 0 radical (unpaired) electrons. The third-order valence-electron chi connectivity index (χ3n) is 3.49. The second-order valence-corrected chi connectivity index (χ2v) is 5.81. The van der Waals surface area contributed by atoms with Crippen LogP contribution in [0.25, 0.3) is 0 Å². The lowest BCUT2D eigenvalue weighted by atomic mass is 10.1. The van der Waals surface area contributed by atoms with Crippen LogP contribution in [-0.4, -0.2) is 34.7 Å². The predicted octanol–water partition coefficient (Wildman–Crippen LogP) is 1.43. The van der Waals surface area contributed by atoms with Crippen molar-refractivity contribution in [3.63, 3.8) is 0 Å². The molecule has 26 heavy (non-hydrogen) atoms. The Labute approximate surface area is 152 Å². The molecule has 0 saturated heterocycles. The number of aromatic nitrogens is 2. The topological polar surface area (TPSA) is 111 Å². The van der Waals surface area contributed by atoms with Gasteiger partial charge in [-0.3, -0.25) is 4.79 Å². The Hall–Kier alpha value is -3.29.